The van der Waals surface area contributed by atoms with Crippen LogP contribution in [0.2, 0.25) is 0 Å². The molecule has 0 aliphatic carbocycles. The van der Waals surface area contributed by atoms with Crippen LogP contribution in [0.5, 0.6) is 0 Å². The van der Waals surface area contributed by atoms with Gasteiger partial charge in [0.2, 0.25) is 11.9 Å². The number of anilines is 1. The van der Waals surface area contributed by atoms with Gasteiger partial charge in [-0.05, 0) is 19.4 Å². The second-order valence-corrected chi connectivity index (χ2v) is 3.87. The molecule has 0 saturated heterocycles. The molecular weight excluding hydrogens is 216 g/mol. The highest BCUT2D eigenvalue weighted by atomic mass is 16.2. The molecule has 2 aromatic rings. The Kier molecular flexibility index (Phi) is 3.18. The lowest BCUT2D eigenvalue weighted by Crippen LogP contribution is -2.19. The molecule has 2 rings (SSSR count). The number of aryl methyl sites for hydroxylation is 1. The van der Waals surface area contributed by atoms with E-state index >= 15 is 0 Å². The summed E-state index contributed by atoms with van der Waals surface area (Å²) in [6, 6.07) is 9.60. The summed E-state index contributed by atoms with van der Waals surface area (Å²) in [5, 5.41) is 9.21. The number of hydrogen-bond donors (Lipinski definition) is 2. The van der Waals surface area contributed by atoms with E-state index in [1.807, 2.05) is 37.3 Å². The first kappa shape index (κ1) is 11.3. The van der Waals surface area contributed by atoms with E-state index in [4.69, 9.17) is 0 Å². The van der Waals surface area contributed by atoms with E-state index in [9.17, 15) is 4.79 Å². The van der Waals surface area contributed by atoms with Crippen molar-refractivity contribution in [2.45, 2.75) is 19.8 Å². The fourth-order valence-corrected chi connectivity index (χ4v) is 1.51. The first-order chi connectivity index (χ1) is 8.16. The molecule has 17 heavy (non-hydrogen) atoms. The Labute approximate surface area is 99.3 Å². The Morgan fingerprint density at radius 3 is 2.65 bits per heavy atom. The van der Waals surface area contributed by atoms with Gasteiger partial charge in [0, 0.05) is 0 Å². The van der Waals surface area contributed by atoms with Crippen LogP contribution in [0.3, 0.4) is 0 Å². The normalized spacial score (nSPS) is 12.1. The molecule has 5 heteroatoms. The van der Waals surface area contributed by atoms with Crippen molar-refractivity contribution in [2.75, 3.05) is 5.32 Å². The van der Waals surface area contributed by atoms with Gasteiger partial charge in [-0.15, -0.1) is 5.10 Å². The summed E-state index contributed by atoms with van der Waals surface area (Å²) in [5.74, 6) is 0.646. The Hall–Kier alpha value is -2.17. The van der Waals surface area contributed by atoms with Gasteiger partial charge in [0.05, 0.1) is 5.92 Å². The van der Waals surface area contributed by atoms with Gasteiger partial charge in [-0.3, -0.25) is 15.2 Å². The number of carbonyl (C=O) groups is 1. The van der Waals surface area contributed by atoms with Crippen molar-refractivity contribution >= 4 is 11.9 Å². The molecule has 5 nitrogen and oxygen atoms in total. The third-order valence-electron chi connectivity index (χ3n) is 2.53. The Morgan fingerprint density at radius 1 is 1.35 bits per heavy atom. The van der Waals surface area contributed by atoms with E-state index in [0.29, 0.717) is 11.8 Å². The van der Waals surface area contributed by atoms with Crippen molar-refractivity contribution in [2.24, 2.45) is 0 Å². The first-order valence-electron chi connectivity index (χ1n) is 5.41. The summed E-state index contributed by atoms with van der Waals surface area (Å²) in [6.45, 7) is 3.63. The van der Waals surface area contributed by atoms with Crippen molar-refractivity contribution in [3.63, 3.8) is 0 Å². The molecule has 1 aromatic heterocycles. The van der Waals surface area contributed by atoms with Crippen molar-refractivity contribution < 1.29 is 4.79 Å². The average Bonchev–Trinajstić information content (AvgIpc) is 2.75. The van der Waals surface area contributed by atoms with Crippen LogP contribution in [0.4, 0.5) is 5.95 Å². The van der Waals surface area contributed by atoms with Gasteiger partial charge in [-0.2, -0.15) is 4.98 Å². The van der Waals surface area contributed by atoms with E-state index in [1.165, 1.54) is 0 Å². The molecule has 1 heterocycles. The Bertz CT molecular complexity index is 506. The second-order valence-electron chi connectivity index (χ2n) is 3.87. The molecule has 1 unspecified atom stereocenters. The predicted octanol–water partition coefficient (Wildman–Crippen LogP) is 1.86. The number of carbonyl (C=O) groups excluding carboxylic acids is 1. The van der Waals surface area contributed by atoms with E-state index < -0.39 is 0 Å². The summed E-state index contributed by atoms with van der Waals surface area (Å²) in [7, 11) is 0. The maximum absolute atomic E-state index is 11.9. The van der Waals surface area contributed by atoms with Gasteiger partial charge in [-0.1, -0.05) is 30.3 Å². The number of H-pyrrole nitrogens is 1. The third kappa shape index (κ3) is 2.69. The van der Waals surface area contributed by atoms with Crippen molar-refractivity contribution in [1.82, 2.24) is 15.2 Å². The van der Waals surface area contributed by atoms with Gasteiger partial charge < -0.3 is 0 Å². The summed E-state index contributed by atoms with van der Waals surface area (Å²) in [5.41, 5.74) is 0.970. The molecule has 0 aliphatic heterocycles. The quantitative estimate of drug-likeness (QED) is 0.845. The number of amides is 1. The SMILES string of the molecule is Cc1nc(NC(=O)C(C)c2ccccc2)n[nH]1. The monoisotopic (exact) mass is 230 g/mol. The van der Waals surface area contributed by atoms with Crippen molar-refractivity contribution in [3.05, 3.63) is 41.7 Å². The minimum Gasteiger partial charge on any atom is -0.293 e. The largest absolute Gasteiger partial charge is 0.293 e. The molecular formula is C12H14N4O. The Balaban J connectivity index is 2.06. The smallest absolute Gasteiger partial charge is 0.248 e. The molecule has 2 N–H and O–H groups in total. The number of aromatic amines is 1. The molecule has 1 aromatic carbocycles. The summed E-state index contributed by atoms with van der Waals surface area (Å²) < 4.78 is 0. The average molecular weight is 230 g/mol. The van der Waals surface area contributed by atoms with Crippen LogP contribution in [-0.4, -0.2) is 21.1 Å². The topological polar surface area (TPSA) is 70.7 Å². The van der Waals surface area contributed by atoms with E-state index in [0.717, 1.165) is 5.56 Å². The van der Waals surface area contributed by atoms with E-state index in [-0.39, 0.29) is 11.8 Å². The van der Waals surface area contributed by atoms with Gasteiger partial charge in [0.25, 0.3) is 0 Å². The molecule has 1 atom stereocenters. The molecule has 1 amide bonds. The summed E-state index contributed by atoms with van der Waals surface area (Å²) in [6.07, 6.45) is 0. The number of hydrogen-bond acceptors (Lipinski definition) is 3. The zero-order valence-corrected chi connectivity index (χ0v) is 9.77. The number of nitrogens with zero attached hydrogens (tertiary/aromatic N) is 2. The summed E-state index contributed by atoms with van der Waals surface area (Å²) >= 11 is 0. The highest BCUT2D eigenvalue weighted by molar-refractivity contribution is 5.94. The maximum Gasteiger partial charge on any atom is 0.248 e. The number of aromatic nitrogens is 3. The minimum atomic E-state index is -0.227. The number of nitrogens with one attached hydrogen (secondary N) is 2. The maximum atomic E-state index is 11.9. The highest BCUT2D eigenvalue weighted by Crippen LogP contribution is 2.15. The van der Waals surface area contributed by atoms with Gasteiger partial charge in [0.15, 0.2) is 0 Å². The zero-order chi connectivity index (χ0) is 12.3. The molecule has 0 aliphatic rings. The van der Waals surface area contributed by atoms with Crippen LogP contribution < -0.4 is 5.32 Å². The van der Waals surface area contributed by atoms with E-state index in [2.05, 4.69) is 20.5 Å². The minimum absolute atomic E-state index is 0.116. The molecule has 0 bridgehead atoms. The number of rotatable bonds is 3. The van der Waals surface area contributed by atoms with Gasteiger partial charge in [0.1, 0.15) is 5.82 Å². The molecule has 88 valence electrons. The second kappa shape index (κ2) is 4.78. The standard InChI is InChI=1S/C12H14N4O/c1-8(10-6-4-3-5-7-10)11(17)14-12-13-9(2)15-16-12/h3-8H,1-2H3,(H2,13,14,15,16,17). The third-order valence-corrected chi connectivity index (χ3v) is 2.53. The fraction of sp³-hybridized carbons (Fsp3) is 0.250. The van der Waals surface area contributed by atoms with Gasteiger partial charge >= 0.3 is 0 Å². The molecule has 0 fully saturated rings. The van der Waals surface area contributed by atoms with Crippen LogP contribution >= 0.6 is 0 Å². The summed E-state index contributed by atoms with van der Waals surface area (Å²) in [4.78, 5) is 15.9. The molecule has 0 spiro atoms. The first-order valence-corrected chi connectivity index (χ1v) is 5.41. The highest BCUT2D eigenvalue weighted by Gasteiger charge is 2.16. The predicted molar refractivity (Wildman–Crippen MR) is 64.6 cm³/mol. The van der Waals surface area contributed by atoms with Gasteiger partial charge in [-0.25, -0.2) is 0 Å². The fourth-order valence-electron chi connectivity index (χ4n) is 1.51. The van der Waals surface area contributed by atoms with Crippen molar-refractivity contribution in [3.8, 4) is 0 Å². The molecule has 0 saturated carbocycles. The van der Waals surface area contributed by atoms with Crippen LogP contribution in [0.25, 0.3) is 0 Å². The lowest BCUT2D eigenvalue weighted by atomic mass is 10.0. The lowest BCUT2D eigenvalue weighted by molar-refractivity contribution is -0.117. The van der Waals surface area contributed by atoms with Crippen molar-refractivity contribution in [1.29, 1.82) is 0 Å². The molecule has 0 radical (unpaired) electrons. The van der Waals surface area contributed by atoms with E-state index in [1.54, 1.807) is 6.92 Å². The lowest BCUT2D eigenvalue weighted by Gasteiger charge is -2.10. The van der Waals surface area contributed by atoms with Crippen LogP contribution in [0.15, 0.2) is 30.3 Å². The van der Waals surface area contributed by atoms with Crippen LogP contribution in [0.1, 0.15) is 24.2 Å². The van der Waals surface area contributed by atoms with Crippen LogP contribution in [-0.2, 0) is 4.79 Å². The van der Waals surface area contributed by atoms with Crippen LogP contribution in [0, 0.1) is 6.92 Å². The number of benzene rings is 1. The zero-order valence-electron chi connectivity index (χ0n) is 9.77. The Morgan fingerprint density at radius 2 is 2.06 bits per heavy atom.